The average molecular weight is 457 g/mol. The Kier molecular flexibility index (Phi) is 8.10. The summed E-state index contributed by atoms with van der Waals surface area (Å²) in [6.45, 7) is 9.85. The number of nitro groups is 2. The fourth-order valence-electron chi connectivity index (χ4n) is 1.93. The maximum atomic E-state index is 12.5. The number of carbonyl (C=O) groups is 2. The third-order valence-corrected chi connectivity index (χ3v) is 4.27. The van der Waals surface area contributed by atoms with Gasteiger partial charge in [0, 0.05) is 17.8 Å². The molecule has 0 spiro atoms. The second kappa shape index (κ2) is 9.73. The first-order chi connectivity index (χ1) is 14.0. The number of hydrogen-bond acceptors (Lipinski definition) is 9. The molecule has 0 atom stereocenters. The largest absolute Gasteiger partial charge is 0.507 e. The van der Waals surface area contributed by atoms with Gasteiger partial charge in [0.2, 0.25) is 0 Å². The van der Waals surface area contributed by atoms with E-state index in [0.29, 0.717) is 11.8 Å². The van der Waals surface area contributed by atoms with Gasteiger partial charge in [0.25, 0.3) is 11.4 Å². The number of alkyl carbamates (subject to hydrolysis) is 1. The molecule has 0 heterocycles. The summed E-state index contributed by atoms with van der Waals surface area (Å²) in [7, 11) is 1.30. The molecule has 0 aliphatic carbocycles. The van der Waals surface area contributed by atoms with E-state index in [1.807, 2.05) is 0 Å². The Morgan fingerprint density at radius 1 is 0.968 bits per heavy atom. The van der Waals surface area contributed by atoms with Crippen LogP contribution < -0.4 is 5.32 Å². The van der Waals surface area contributed by atoms with Crippen LogP contribution in [0.2, 0.25) is 0 Å². The van der Waals surface area contributed by atoms with Crippen molar-refractivity contribution in [1.29, 1.82) is 0 Å². The molecule has 0 aromatic heterocycles. The summed E-state index contributed by atoms with van der Waals surface area (Å²) in [5.74, 6) is 0. The lowest BCUT2D eigenvalue weighted by Gasteiger charge is -2.19. The van der Waals surface area contributed by atoms with Crippen LogP contribution in [0.15, 0.2) is 23.1 Å². The van der Waals surface area contributed by atoms with Gasteiger partial charge in [-0.25, -0.2) is 0 Å². The number of carbonyl (C=O) groups excluding carboxylic acids is 2. The minimum absolute atomic E-state index is 0.0444. The molecule has 1 aromatic carbocycles. The number of ether oxygens (including phenoxy) is 2. The fourth-order valence-corrected chi connectivity index (χ4v) is 2.86. The summed E-state index contributed by atoms with van der Waals surface area (Å²) in [6, 6.07) is 3.02. The molecule has 0 saturated heterocycles. The molecule has 170 valence electrons. The predicted molar refractivity (Wildman–Crippen MR) is 112 cm³/mol. The number of hydrogen-bond donors (Lipinski definition) is 1. The normalized spacial score (nSPS) is 12.5. The van der Waals surface area contributed by atoms with Crippen LogP contribution in [-0.2, 0) is 9.47 Å². The number of nitrogens with zero attached hydrogens (tertiary/aromatic N) is 3. The maximum absolute atomic E-state index is 12.5. The molecule has 12 nitrogen and oxygen atoms in total. The highest BCUT2D eigenvalue weighted by Gasteiger charge is 2.31. The van der Waals surface area contributed by atoms with Crippen molar-refractivity contribution in [3.05, 3.63) is 38.4 Å². The number of rotatable bonds is 3. The van der Waals surface area contributed by atoms with Gasteiger partial charge in [0.05, 0.1) is 27.9 Å². The summed E-state index contributed by atoms with van der Waals surface area (Å²) in [5.41, 5.74) is -2.73. The SMILES string of the molecule is C[N+](C(=O)OC(C)(C)C)=C(NC(=O)OC(C)(C)C)Sc1ccc([N+](=O)[O-])cc1[N+](=O)[O-]. The Labute approximate surface area is 182 Å². The van der Waals surface area contributed by atoms with Crippen LogP contribution in [0.25, 0.3) is 0 Å². The Bertz CT molecular complexity index is 931. The molecular weight excluding hydrogens is 432 g/mol. The molecule has 0 bridgehead atoms. The molecule has 1 aromatic rings. The number of benzene rings is 1. The van der Waals surface area contributed by atoms with Crippen LogP contribution in [0, 0.1) is 20.2 Å². The van der Waals surface area contributed by atoms with Gasteiger partial charge in [-0.2, -0.15) is 19.5 Å². The Morgan fingerprint density at radius 2 is 1.52 bits per heavy atom. The van der Waals surface area contributed by atoms with Gasteiger partial charge in [-0.3, -0.25) is 20.2 Å². The molecule has 1 N–H and O–H groups in total. The molecule has 31 heavy (non-hydrogen) atoms. The van der Waals surface area contributed by atoms with Gasteiger partial charge in [0.1, 0.15) is 11.2 Å². The fraction of sp³-hybridized carbons (Fsp3) is 0.500. The Hall–Kier alpha value is -3.22. The van der Waals surface area contributed by atoms with Crippen LogP contribution in [0.5, 0.6) is 0 Å². The standard InChI is InChI=1S/C18H24N4O8S/c1-17(2,3)29-15(23)19-14(20(7)16(24)30-18(4,5)6)31-13-9-8-11(21(25)26)10-12(13)22(27)28/h8-10H,1-7H3/p+1. The zero-order valence-electron chi connectivity index (χ0n) is 18.2. The topological polar surface area (TPSA) is 154 Å². The second-order valence-corrected chi connectivity index (χ2v) is 9.27. The first-order valence-electron chi connectivity index (χ1n) is 8.94. The first-order valence-corrected chi connectivity index (χ1v) is 9.76. The molecule has 2 amide bonds. The molecule has 0 saturated carbocycles. The number of amides is 2. The van der Waals surface area contributed by atoms with E-state index in [1.54, 1.807) is 41.5 Å². The van der Waals surface area contributed by atoms with E-state index < -0.39 is 44.6 Å². The summed E-state index contributed by atoms with van der Waals surface area (Å²) in [5, 5.41) is 24.6. The summed E-state index contributed by atoms with van der Waals surface area (Å²) >= 11 is 0.646. The van der Waals surface area contributed by atoms with Crippen LogP contribution in [0.4, 0.5) is 21.0 Å². The van der Waals surface area contributed by atoms with Gasteiger partial charge in [-0.1, -0.05) is 0 Å². The summed E-state index contributed by atoms with van der Waals surface area (Å²) < 4.78 is 11.4. The van der Waals surface area contributed by atoms with Crippen molar-refractivity contribution in [1.82, 2.24) is 5.32 Å². The van der Waals surface area contributed by atoms with Crippen LogP contribution in [0.3, 0.4) is 0 Å². The smallest absolute Gasteiger partial charge is 0.426 e. The van der Waals surface area contributed by atoms with Crippen molar-refractivity contribution >= 4 is 40.5 Å². The maximum Gasteiger partial charge on any atom is 0.507 e. The summed E-state index contributed by atoms with van der Waals surface area (Å²) in [4.78, 5) is 45.5. The molecule has 0 aliphatic heterocycles. The number of non-ortho nitro benzene ring substituents is 1. The lowest BCUT2D eigenvalue weighted by atomic mass is 10.2. The first kappa shape index (κ1) is 25.8. The van der Waals surface area contributed by atoms with E-state index in [1.165, 1.54) is 7.05 Å². The quantitative estimate of drug-likeness (QED) is 0.177. The van der Waals surface area contributed by atoms with E-state index in [9.17, 15) is 29.8 Å². The predicted octanol–water partition coefficient (Wildman–Crippen LogP) is 4.05. The number of nitro benzene ring substituents is 2. The highest BCUT2D eigenvalue weighted by Crippen LogP contribution is 2.33. The highest BCUT2D eigenvalue weighted by atomic mass is 32.2. The van der Waals surface area contributed by atoms with Crippen molar-refractivity contribution in [2.75, 3.05) is 7.05 Å². The third kappa shape index (κ3) is 8.58. The van der Waals surface area contributed by atoms with Crippen LogP contribution in [-0.4, -0.2) is 50.0 Å². The molecule has 0 unspecified atom stereocenters. The van der Waals surface area contributed by atoms with Crippen LogP contribution in [0.1, 0.15) is 41.5 Å². The number of thioether (sulfide) groups is 1. The van der Waals surface area contributed by atoms with E-state index in [2.05, 4.69) is 5.32 Å². The van der Waals surface area contributed by atoms with Gasteiger partial charge in [-0.15, -0.1) is 0 Å². The van der Waals surface area contributed by atoms with E-state index in [4.69, 9.17) is 9.47 Å². The zero-order chi connectivity index (χ0) is 24.1. The zero-order valence-corrected chi connectivity index (χ0v) is 19.1. The molecule has 1 rings (SSSR count). The van der Waals surface area contributed by atoms with Gasteiger partial charge >= 0.3 is 17.4 Å². The van der Waals surface area contributed by atoms with Gasteiger partial charge < -0.3 is 9.47 Å². The minimum Gasteiger partial charge on any atom is -0.426 e. The van der Waals surface area contributed by atoms with Crippen LogP contribution >= 0.6 is 11.8 Å². The summed E-state index contributed by atoms with van der Waals surface area (Å²) in [6.07, 6.45) is -1.74. The molecule has 0 aliphatic rings. The molecule has 0 radical (unpaired) electrons. The Balaban J connectivity index is 3.43. The van der Waals surface area contributed by atoms with Crippen molar-refractivity contribution in [3.8, 4) is 0 Å². The lowest BCUT2D eigenvalue weighted by Crippen LogP contribution is -2.41. The Morgan fingerprint density at radius 3 is 1.97 bits per heavy atom. The van der Waals surface area contributed by atoms with Crippen molar-refractivity contribution in [3.63, 3.8) is 0 Å². The van der Waals surface area contributed by atoms with Crippen molar-refractivity contribution in [2.45, 2.75) is 57.6 Å². The highest BCUT2D eigenvalue weighted by molar-refractivity contribution is 8.13. The molecular formula is C18H25N4O8S+. The van der Waals surface area contributed by atoms with Gasteiger partial charge in [0.15, 0.2) is 0 Å². The average Bonchev–Trinajstić information content (AvgIpc) is 2.57. The van der Waals surface area contributed by atoms with Crippen molar-refractivity contribution < 1.29 is 33.5 Å². The number of amidine groups is 1. The van der Waals surface area contributed by atoms with E-state index >= 15 is 0 Å². The molecule has 0 fully saturated rings. The minimum atomic E-state index is -0.907. The third-order valence-electron chi connectivity index (χ3n) is 3.14. The van der Waals surface area contributed by atoms with Gasteiger partial charge in [-0.05, 0) is 47.6 Å². The molecule has 13 heteroatoms. The van der Waals surface area contributed by atoms with E-state index in [-0.39, 0.29) is 10.1 Å². The van der Waals surface area contributed by atoms with Crippen molar-refractivity contribution in [2.24, 2.45) is 0 Å². The van der Waals surface area contributed by atoms with E-state index in [0.717, 1.165) is 22.8 Å². The monoisotopic (exact) mass is 457 g/mol. The lowest BCUT2D eigenvalue weighted by molar-refractivity contribution is -0.417. The second-order valence-electron chi connectivity index (χ2n) is 8.24. The number of nitrogens with one attached hydrogen (secondary N) is 1.